The highest BCUT2D eigenvalue weighted by Crippen LogP contribution is 2.17. The van der Waals surface area contributed by atoms with Crippen molar-refractivity contribution in [3.05, 3.63) is 75.7 Å². The maximum absolute atomic E-state index is 12.2. The third-order valence-corrected chi connectivity index (χ3v) is 4.27. The van der Waals surface area contributed by atoms with Gasteiger partial charge in [0.05, 0.1) is 0 Å². The van der Waals surface area contributed by atoms with Gasteiger partial charge in [0, 0.05) is 11.1 Å². The Morgan fingerprint density at radius 2 is 1.92 bits per heavy atom. The van der Waals surface area contributed by atoms with Gasteiger partial charge in [-0.05, 0) is 43.7 Å². The number of aryl methyl sites for hydroxylation is 2. The normalized spacial score (nSPS) is 10.4. The van der Waals surface area contributed by atoms with Crippen molar-refractivity contribution in [3.8, 4) is 5.75 Å². The molecular weight excluding hydrogens is 320 g/mol. The maximum Gasteiger partial charge on any atom is 0.275 e. The number of rotatable bonds is 5. The lowest BCUT2D eigenvalue weighted by Crippen LogP contribution is -2.12. The molecule has 122 valence electrons. The molecule has 0 aliphatic rings. The molecule has 24 heavy (non-hydrogen) atoms. The quantitative estimate of drug-likeness (QED) is 0.740. The van der Waals surface area contributed by atoms with Crippen LogP contribution >= 0.6 is 11.3 Å². The number of benzene rings is 2. The van der Waals surface area contributed by atoms with E-state index in [2.05, 4.69) is 10.3 Å². The van der Waals surface area contributed by atoms with Gasteiger partial charge in [-0.2, -0.15) is 0 Å². The summed E-state index contributed by atoms with van der Waals surface area (Å²) < 4.78 is 5.69. The van der Waals surface area contributed by atoms with E-state index in [1.54, 1.807) is 5.38 Å². The van der Waals surface area contributed by atoms with Crippen LogP contribution in [0, 0.1) is 13.8 Å². The fourth-order valence-electron chi connectivity index (χ4n) is 2.18. The van der Waals surface area contributed by atoms with E-state index in [9.17, 15) is 4.79 Å². The molecule has 0 saturated carbocycles. The van der Waals surface area contributed by atoms with Gasteiger partial charge >= 0.3 is 0 Å². The molecule has 0 unspecified atom stereocenters. The molecular formula is C19H18N2O2S. The number of amides is 1. The molecule has 5 heteroatoms. The number of anilines is 1. The Morgan fingerprint density at radius 3 is 2.67 bits per heavy atom. The van der Waals surface area contributed by atoms with E-state index in [4.69, 9.17) is 4.74 Å². The van der Waals surface area contributed by atoms with Crippen LogP contribution in [-0.4, -0.2) is 10.9 Å². The molecule has 0 radical (unpaired) electrons. The van der Waals surface area contributed by atoms with Crippen LogP contribution in [0.5, 0.6) is 5.75 Å². The first-order valence-corrected chi connectivity index (χ1v) is 8.50. The molecule has 1 heterocycles. The highest BCUT2D eigenvalue weighted by molar-refractivity contribution is 7.09. The van der Waals surface area contributed by atoms with Gasteiger partial charge in [-0.1, -0.05) is 29.8 Å². The largest absolute Gasteiger partial charge is 0.486 e. The minimum atomic E-state index is -0.210. The minimum absolute atomic E-state index is 0.210. The van der Waals surface area contributed by atoms with Crippen LogP contribution in [0.25, 0.3) is 0 Å². The lowest BCUT2D eigenvalue weighted by Gasteiger charge is -2.04. The SMILES string of the molecule is Cc1ccc(OCc2nc(C(=O)Nc3cccc(C)c3)cs2)cc1. The molecule has 0 aliphatic heterocycles. The first kappa shape index (κ1) is 16.2. The summed E-state index contributed by atoms with van der Waals surface area (Å²) in [5, 5.41) is 5.37. The van der Waals surface area contributed by atoms with Gasteiger partial charge in [-0.3, -0.25) is 4.79 Å². The van der Waals surface area contributed by atoms with Crippen LogP contribution in [-0.2, 0) is 6.61 Å². The molecule has 1 amide bonds. The lowest BCUT2D eigenvalue weighted by molar-refractivity contribution is 0.102. The van der Waals surface area contributed by atoms with Crippen molar-refractivity contribution in [1.82, 2.24) is 4.98 Å². The molecule has 3 rings (SSSR count). The Labute approximate surface area is 145 Å². The Bertz CT molecular complexity index is 841. The number of nitrogens with zero attached hydrogens (tertiary/aromatic N) is 1. The fraction of sp³-hybridized carbons (Fsp3) is 0.158. The van der Waals surface area contributed by atoms with E-state index in [0.29, 0.717) is 12.3 Å². The molecule has 1 N–H and O–H groups in total. The molecule has 0 aliphatic carbocycles. The number of aromatic nitrogens is 1. The number of hydrogen-bond acceptors (Lipinski definition) is 4. The zero-order chi connectivity index (χ0) is 16.9. The summed E-state index contributed by atoms with van der Waals surface area (Å²) >= 11 is 1.42. The average molecular weight is 338 g/mol. The molecule has 2 aromatic carbocycles. The maximum atomic E-state index is 12.2. The topological polar surface area (TPSA) is 51.2 Å². The standard InChI is InChI=1S/C19H18N2O2S/c1-13-6-8-16(9-7-13)23-11-18-21-17(12-24-18)19(22)20-15-5-3-4-14(2)10-15/h3-10,12H,11H2,1-2H3,(H,20,22). The second-order valence-electron chi connectivity index (χ2n) is 5.55. The third kappa shape index (κ3) is 4.20. The first-order valence-electron chi connectivity index (χ1n) is 7.62. The van der Waals surface area contributed by atoms with Crippen LogP contribution in [0.15, 0.2) is 53.9 Å². The van der Waals surface area contributed by atoms with Gasteiger partial charge in [0.1, 0.15) is 23.1 Å². The summed E-state index contributed by atoms with van der Waals surface area (Å²) in [7, 11) is 0. The van der Waals surface area contributed by atoms with E-state index in [-0.39, 0.29) is 5.91 Å². The van der Waals surface area contributed by atoms with E-state index in [1.165, 1.54) is 16.9 Å². The van der Waals surface area contributed by atoms with E-state index < -0.39 is 0 Å². The molecule has 0 atom stereocenters. The smallest absolute Gasteiger partial charge is 0.275 e. The highest BCUT2D eigenvalue weighted by Gasteiger charge is 2.11. The lowest BCUT2D eigenvalue weighted by atomic mass is 10.2. The number of thiazole rings is 1. The van der Waals surface area contributed by atoms with E-state index >= 15 is 0 Å². The summed E-state index contributed by atoms with van der Waals surface area (Å²) in [6, 6.07) is 15.5. The van der Waals surface area contributed by atoms with E-state index in [1.807, 2.05) is 62.4 Å². The van der Waals surface area contributed by atoms with Crippen molar-refractivity contribution in [2.24, 2.45) is 0 Å². The van der Waals surface area contributed by atoms with Crippen molar-refractivity contribution in [3.63, 3.8) is 0 Å². The van der Waals surface area contributed by atoms with Gasteiger partial charge in [0.2, 0.25) is 0 Å². The molecule has 1 aromatic heterocycles. The number of nitrogens with one attached hydrogen (secondary N) is 1. The monoisotopic (exact) mass is 338 g/mol. The van der Waals surface area contributed by atoms with Crippen molar-refractivity contribution >= 4 is 22.9 Å². The second-order valence-corrected chi connectivity index (χ2v) is 6.49. The number of hydrogen-bond donors (Lipinski definition) is 1. The van der Waals surface area contributed by atoms with Crippen molar-refractivity contribution in [2.75, 3.05) is 5.32 Å². The predicted octanol–water partition coefficient (Wildman–Crippen LogP) is 4.59. The molecule has 0 fully saturated rings. The Kier molecular flexibility index (Phi) is 4.91. The summed E-state index contributed by atoms with van der Waals surface area (Å²) in [5.41, 5.74) is 3.46. The predicted molar refractivity (Wildman–Crippen MR) is 96.8 cm³/mol. The molecule has 0 saturated heterocycles. The number of carbonyl (C=O) groups excluding carboxylic acids is 1. The summed E-state index contributed by atoms with van der Waals surface area (Å²) in [6.45, 7) is 4.37. The summed E-state index contributed by atoms with van der Waals surface area (Å²) in [5.74, 6) is 0.583. The number of ether oxygens (including phenoxy) is 1. The molecule has 3 aromatic rings. The average Bonchev–Trinajstić information content (AvgIpc) is 3.03. The fourth-order valence-corrected chi connectivity index (χ4v) is 2.86. The molecule has 4 nitrogen and oxygen atoms in total. The Morgan fingerprint density at radius 1 is 1.12 bits per heavy atom. The van der Waals surface area contributed by atoms with Gasteiger partial charge in [0.25, 0.3) is 5.91 Å². The van der Waals surface area contributed by atoms with Crippen LogP contribution in [0.2, 0.25) is 0 Å². The molecule has 0 bridgehead atoms. The van der Waals surface area contributed by atoms with Crippen LogP contribution in [0.1, 0.15) is 26.6 Å². The molecule has 0 spiro atoms. The van der Waals surface area contributed by atoms with Gasteiger partial charge in [0.15, 0.2) is 0 Å². The van der Waals surface area contributed by atoms with E-state index in [0.717, 1.165) is 22.0 Å². The van der Waals surface area contributed by atoms with Gasteiger partial charge in [-0.15, -0.1) is 11.3 Å². The highest BCUT2D eigenvalue weighted by atomic mass is 32.1. The van der Waals surface area contributed by atoms with Crippen molar-refractivity contribution < 1.29 is 9.53 Å². The zero-order valence-corrected chi connectivity index (χ0v) is 14.4. The summed E-state index contributed by atoms with van der Waals surface area (Å²) in [6.07, 6.45) is 0. The number of carbonyl (C=O) groups is 1. The summed E-state index contributed by atoms with van der Waals surface area (Å²) in [4.78, 5) is 16.6. The first-order chi connectivity index (χ1) is 11.6. The van der Waals surface area contributed by atoms with Crippen LogP contribution < -0.4 is 10.1 Å². The zero-order valence-electron chi connectivity index (χ0n) is 13.6. The van der Waals surface area contributed by atoms with Gasteiger partial charge < -0.3 is 10.1 Å². The van der Waals surface area contributed by atoms with Crippen molar-refractivity contribution in [2.45, 2.75) is 20.5 Å². The van der Waals surface area contributed by atoms with Crippen LogP contribution in [0.4, 0.5) is 5.69 Å². The second kappa shape index (κ2) is 7.27. The Hall–Kier alpha value is -2.66. The Balaban J connectivity index is 1.60. The van der Waals surface area contributed by atoms with Gasteiger partial charge in [-0.25, -0.2) is 4.98 Å². The van der Waals surface area contributed by atoms with Crippen LogP contribution in [0.3, 0.4) is 0 Å². The minimum Gasteiger partial charge on any atom is -0.486 e. The third-order valence-electron chi connectivity index (χ3n) is 3.44. The van der Waals surface area contributed by atoms with Crippen molar-refractivity contribution in [1.29, 1.82) is 0 Å².